The van der Waals surface area contributed by atoms with Crippen LogP contribution in [0.1, 0.15) is 45.1 Å². The molecule has 2 N–H and O–H groups in total. The third-order valence-corrected chi connectivity index (χ3v) is 3.74. The maximum absolute atomic E-state index is 12.0. The van der Waals surface area contributed by atoms with E-state index in [9.17, 15) is 4.79 Å². The number of amides is 1. The fourth-order valence-corrected chi connectivity index (χ4v) is 2.66. The van der Waals surface area contributed by atoms with Crippen LogP contribution in [0.3, 0.4) is 0 Å². The highest BCUT2D eigenvalue weighted by atomic mass is 16.6. The molecule has 0 aliphatic carbocycles. The first-order chi connectivity index (χ1) is 10.7. The molecule has 0 bridgehead atoms. The SMILES string of the molecule is CC(C)(C)OC(=O)N1CCC(c2ccc(OB(O)O)cc2)CC1. The highest BCUT2D eigenvalue weighted by Crippen LogP contribution is 2.29. The summed E-state index contributed by atoms with van der Waals surface area (Å²) >= 11 is 0. The molecule has 0 atom stereocenters. The maximum atomic E-state index is 12.0. The van der Waals surface area contributed by atoms with Gasteiger partial charge in [-0.25, -0.2) is 4.79 Å². The van der Waals surface area contributed by atoms with Gasteiger partial charge in [-0.15, -0.1) is 0 Å². The molecule has 0 aromatic heterocycles. The van der Waals surface area contributed by atoms with Crippen molar-refractivity contribution in [2.45, 2.75) is 45.1 Å². The molecule has 0 spiro atoms. The predicted molar refractivity (Wildman–Crippen MR) is 87.0 cm³/mol. The number of nitrogens with zero attached hydrogens (tertiary/aromatic N) is 1. The van der Waals surface area contributed by atoms with Gasteiger partial charge in [-0.3, -0.25) is 0 Å². The van der Waals surface area contributed by atoms with E-state index in [2.05, 4.69) is 0 Å². The van der Waals surface area contributed by atoms with E-state index in [-0.39, 0.29) is 6.09 Å². The van der Waals surface area contributed by atoms with E-state index >= 15 is 0 Å². The molecule has 1 aromatic rings. The maximum Gasteiger partial charge on any atom is 0.707 e. The Hall–Kier alpha value is -1.73. The first-order valence-corrected chi connectivity index (χ1v) is 7.85. The molecule has 1 fully saturated rings. The van der Waals surface area contributed by atoms with E-state index in [1.54, 1.807) is 17.0 Å². The minimum atomic E-state index is -1.81. The van der Waals surface area contributed by atoms with Gasteiger partial charge in [-0.2, -0.15) is 0 Å². The number of benzene rings is 1. The van der Waals surface area contributed by atoms with Gasteiger partial charge in [0, 0.05) is 13.1 Å². The smallest absolute Gasteiger partial charge is 0.512 e. The molecular formula is C16H24BNO5. The molecule has 1 saturated heterocycles. The van der Waals surface area contributed by atoms with Gasteiger partial charge in [0.25, 0.3) is 0 Å². The zero-order chi connectivity index (χ0) is 17.0. The summed E-state index contributed by atoms with van der Waals surface area (Å²) in [6.07, 6.45) is 1.50. The average Bonchev–Trinajstić information content (AvgIpc) is 2.46. The van der Waals surface area contributed by atoms with Crippen molar-refractivity contribution in [3.8, 4) is 5.75 Å². The van der Waals surface area contributed by atoms with E-state index in [1.165, 1.54) is 0 Å². The first-order valence-electron chi connectivity index (χ1n) is 7.85. The van der Waals surface area contributed by atoms with Crippen LogP contribution in [-0.4, -0.2) is 47.1 Å². The van der Waals surface area contributed by atoms with Gasteiger partial charge in [-0.1, -0.05) is 12.1 Å². The molecule has 1 heterocycles. The van der Waals surface area contributed by atoms with Crippen LogP contribution in [0, 0.1) is 0 Å². The summed E-state index contributed by atoms with van der Waals surface area (Å²) in [5, 5.41) is 17.5. The molecule has 126 valence electrons. The second-order valence-corrected chi connectivity index (χ2v) is 6.75. The van der Waals surface area contributed by atoms with Crippen LogP contribution in [0.15, 0.2) is 24.3 Å². The molecule has 1 aromatic carbocycles. The van der Waals surface area contributed by atoms with Gasteiger partial charge < -0.3 is 24.3 Å². The van der Waals surface area contributed by atoms with Crippen LogP contribution < -0.4 is 4.65 Å². The number of rotatable bonds is 3. The van der Waals surface area contributed by atoms with Crippen molar-refractivity contribution in [3.63, 3.8) is 0 Å². The molecule has 1 aliphatic heterocycles. The quantitative estimate of drug-likeness (QED) is 0.834. The summed E-state index contributed by atoms with van der Waals surface area (Å²) in [7, 11) is -1.81. The van der Waals surface area contributed by atoms with Crippen molar-refractivity contribution in [1.29, 1.82) is 0 Å². The minimum absolute atomic E-state index is 0.253. The lowest BCUT2D eigenvalue weighted by Crippen LogP contribution is -2.41. The Morgan fingerprint density at radius 2 is 1.74 bits per heavy atom. The number of likely N-dealkylation sites (tertiary alicyclic amines) is 1. The standard InChI is InChI=1S/C16H24BNO5/c1-16(2,3)22-15(19)18-10-8-13(9-11-18)12-4-6-14(7-5-12)23-17(20)21/h4-7,13,20-21H,8-11H2,1-3H3. The van der Waals surface area contributed by atoms with Crippen LogP contribution in [0.4, 0.5) is 4.79 Å². The van der Waals surface area contributed by atoms with E-state index in [0.717, 1.165) is 18.4 Å². The van der Waals surface area contributed by atoms with E-state index in [1.807, 2.05) is 32.9 Å². The van der Waals surface area contributed by atoms with Crippen molar-refractivity contribution in [3.05, 3.63) is 29.8 Å². The highest BCUT2D eigenvalue weighted by Gasteiger charge is 2.27. The van der Waals surface area contributed by atoms with Crippen molar-refractivity contribution in [2.75, 3.05) is 13.1 Å². The molecule has 23 heavy (non-hydrogen) atoms. The Bertz CT molecular complexity index is 518. The van der Waals surface area contributed by atoms with Crippen LogP contribution >= 0.6 is 0 Å². The number of piperidine rings is 1. The highest BCUT2D eigenvalue weighted by molar-refractivity contribution is 6.33. The summed E-state index contributed by atoms with van der Waals surface area (Å²) in [5.41, 5.74) is 0.690. The summed E-state index contributed by atoms with van der Waals surface area (Å²) in [6, 6.07) is 7.28. The fourth-order valence-electron chi connectivity index (χ4n) is 2.66. The second-order valence-electron chi connectivity index (χ2n) is 6.75. The average molecular weight is 321 g/mol. The van der Waals surface area contributed by atoms with E-state index in [0.29, 0.717) is 24.8 Å². The largest absolute Gasteiger partial charge is 0.707 e. The lowest BCUT2D eigenvalue weighted by molar-refractivity contribution is 0.0205. The molecule has 1 aliphatic rings. The Kier molecular flexibility index (Phi) is 5.54. The number of hydrogen-bond donors (Lipinski definition) is 2. The molecule has 7 heteroatoms. The summed E-state index contributed by atoms with van der Waals surface area (Å²) in [5.74, 6) is 0.789. The van der Waals surface area contributed by atoms with Gasteiger partial charge in [0.05, 0.1) is 0 Å². The predicted octanol–water partition coefficient (Wildman–Crippen LogP) is 2.15. The van der Waals surface area contributed by atoms with Crippen LogP contribution in [0.25, 0.3) is 0 Å². The Morgan fingerprint density at radius 3 is 2.22 bits per heavy atom. The van der Waals surface area contributed by atoms with Crippen LogP contribution in [-0.2, 0) is 4.74 Å². The van der Waals surface area contributed by atoms with Crippen LogP contribution in [0.5, 0.6) is 5.75 Å². The lowest BCUT2D eigenvalue weighted by atomic mass is 9.89. The Labute approximate surface area is 137 Å². The summed E-state index contributed by atoms with van der Waals surface area (Å²) in [4.78, 5) is 13.8. The topological polar surface area (TPSA) is 79.2 Å². The molecule has 0 unspecified atom stereocenters. The molecule has 2 rings (SSSR count). The molecule has 6 nitrogen and oxygen atoms in total. The zero-order valence-corrected chi connectivity index (χ0v) is 13.9. The monoisotopic (exact) mass is 321 g/mol. The number of carbonyl (C=O) groups is 1. The first kappa shape index (κ1) is 17.6. The van der Waals surface area contributed by atoms with Crippen molar-refractivity contribution >= 4 is 13.4 Å². The van der Waals surface area contributed by atoms with Gasteiger partial charge in [0.1, 0.15) is 11.4 Å². The number of hydrogen-bond acceptors (Lipinski definition) is 5. The van der Waals surface area contributed by atoms with E-state index < -0.39 is 12.9 Å². The summed E-state index contributed by atoms with van der Waals surface area (Å²) in [6.45, 7) is 6.94. The summed E-state index contributed by atoms with van der Waals surface area (Å²) < 4.78 is 10.2. The van der Waals surface area contributed by atoms with Crippen molar-refractivity contribution < 1.29 is 24.2 Å². The molecule has 0 radical (unpaired) electrons. The minimum Gasteiger partial charge on any atom is -0.512 e. The molecular weight excluding hydrogens is 297 g/mol. The molecule has 0 saturated carbocycles. The second kappa shape index (κ2) is 7.23. The number of carbonyl (C=O) groups excluding carboxylic acids is 1. The molecule has 1 amide bonds. The fraction of sp³-hybridized carbons (Fsp3) is 0.562. The third-order valence-electron chi connectivity index (χ3n) is 3.74. The normalized spacial score (nSPS) is 16.1. The third kappa shape index (κ3) is 5.44. The van der Waals surface area contributed by atoms with Gasteiger partial charge >= 0.3 is 13.4 Å². The van der Waals surface area contributed by atoms with Crippen molar-refractivity contribution in [1.82, 2.24) is 4.90 Å². The van der Waals surface area contributed by atoms with Gasteiger partial charge in [0.15, 0.2) is 0 Å². The lowest BCUT2D eigenvalue weighted by Gasteiger charge is -2.33. The zero-order valence-electron chi connectivity index (χ0n) is 13.9. The number of ether oxygens (including phenoxy) is 1. The van der Waals surface area contributed by atoms with Gasteiger partial charge in [0.2, 0.25) is 0 Å². The van der Waals surface area contributed by atoms with Gasteiger partial charge in [-0.05, 0) is 57.2 Å². The Morgan fingerprint density at radius 1 is 1.17 bits per heavy atom. The van der Waals surface area contributed by atoms with Crippen molar-refractivity contribution in [2.24, 2.45) is 0 Å². The van der Waals surface area contributed by atoms with Crippen LogP contribution in [0.2, 0.25) is 0 Å². The Balaban J connectivity index is 1.88. The van der Waals surface area contributed by atoms with E-state index in [4.69, 9.17) is 19.4 Å².